The molecule has 1 aliphatic carbocycles. The SMILES string of the molecule is O=C(c1c(O)cccc1F)N1CCC[C@H]2CCCC[C@H]21. The van der Waals surface area contributed by atoms with E-state index in [-0.39, 0.29) is 23.3 Å². The van der Waals surface area contributed by atoms with Gasteiger partial charge in [-0.25, -0.2) is 4.39 Å². The number of hydrogen-bond donors (Lipinski definition) is 1. The molecule has 1 aliphatic heterocycles. The highest BCUT2D eigenvalue weighted by atomic mass is 19.1. The fraction of sp³-hybridized carbons (Fsp3) is 0.562. The maximum Gasteiger partial charge on any atom is 0.260 e. The summed E-state index contributed by atoms with van der Waals surface area (Å²) < 4.78 is 13.9. The van der Waals surface area contributed by atoms with Crippen LogP contribution in [-0.2, 0) is 0 Å². The van der Waals surface area contributed by atoms with E-state index in [1.165, 1.54) is 24.6 Å². The van der Waals surface area contributed by atoms with Gasteiger partial charge in [-0.1, -0.05) is 18.9 Å². The number of hydrogen-bond acceptors (Lipinski definition) is 2. The number of phenols is 1. The van der Waals surface area contributed by atoms with Crippen LogP contribution in [0.4, 0.5) is 4.39 Å². The van der Waals surface area contributed by atoms with Crippen molar-refractivity contribution in [2.45, 2.75) is 44.6 Å². The van der Waals surface area contributed by atoms with Gasteiger partial charge in [0.25, 0.3) is 5.91 Å². The van der Waals surface area contributed by atoms with Gasteiger partial charge in [-0.2, -0.15) is 0 Å². The molecule has 0 spiro atoms. The number of likely N-dealkylation sites (tertiary alicyclic amines) is 1. The predicted molar refractivity (Wildman–Crippen MR) is 74.1 cm³/mol. The van der Waals surface area contributed by atoms with Crippen LogP contribution in [0.2, 0.25) is 0 Å². The molecule has 0 radical (unpaired) electrons. The van der Waals surface area contributed by atoms with Gasteiger partial charge in [0.05, 0.1) is 0 Å². The van der Waals surface area contributed by atoms with E-state index < -0.39 is 5.82 Å². The molecule has 2 fully saturated rings. The Kier molecular flexibility index (Phi) is 3.64. The Morgan fingerprint density at radius 3 is 2.75 bits per heavy atom. The zero-order chi connectivity index (χ0) is 14.1. The van der Waals surface area contributed by atoms with E-state index in [9.17, 15) is 14.3 Å². The van der Waals surface area contributed by atoms with Gasteiger partial charge in [-0.3, -0.25) is 4.79 Å². The van der Waals surface area contributed by atoms with E-state index in [2.05, 4.69) is 0 Å². The summed E-state index contributed by atoms with van der Waals surface area (Å²) in [4.78, 5) is 14.4. The van der Waals surface area contributed by atoms with Gasteiger partial charge in [0.1, 0.15) is 17.1 Å². The Balaban J connectivity index is 1.89. The highest BCUT2D eigenvalue weighted by Gasteiger charge is 2.37. The Hall–Kier alpha value is -1.58. The minimum absolute atomic E-state index is 0.168. The second-order valence-electron chi connectivity index (χ2n) is 5.89. The summed E-state index contributed by atoms with van der Waals surface area (Å²) in [5, 5.41) is 9.80. The van der Waals surface area contributed by atoms with Gasteiger partial charge in [0.15, 0.2) is 0 Å². The van der Waals surface area contributed by atoms with E-state index >= 15 is 0 Å². The van der Waals surface area contributed by atoms with Crippen molar-refractivity contribution < 1.29 is 14.3 Å². The second kappa shape index (κ2) is 5.43. The van der Waals surface area contributed by atoms with Gasteiger partial charge < -0.3 is 10.0 Å². The van der Waals surface area contributed by atoms with Crippen LogP contribution in [0.5, 0.6) is 5.75 Å². The second-order valence-corrected chi connectivity index (χ2v) is 5.89. The number of piperidine rings is 1. The third kappa shape index (κ3) is 2.28. The number of rotatable bonds is 1. The number of nitrogens with zero attached hydrogens (tertiary/aromatic N) is 1. The molecule has 2 aliphatic rings. The zero-order valence-electron chi connectivity index (χ0n) is 11.5. The first-order valence-corrected chi connectivity index (χ1v) is 7.47. The van der Waals surface area contributed by atoms with Crippen LogP contribution in [0, 0.1) is 11.7 Å². The van der Waals surface area contributed by atoms with Crippen LogP contribution >= 0.6 is 0 Å². The van der Waals surface area contributed by atoms with Gasteiger partial charge in [-0.15, -0.1) is 0 Å². The molecule has 1 amide bonds. The molecule has 0 bridgehead atoms. The Morgan fingerprint density at radius 1 is 1.20 bits per heavy atom. The molecule has 1 saturated heterocycles. The zero-order valence-corrected chi connectivity index (χ0v) is 11.5. The number of carbonyl (C=O) groups excluding carboxylic acids is 1. The van der Waals surface area contributed by atoms with E-state index in [1.807, 2.05) is 0 Å². The molecule has 1 saturated carbocycles. The maximum atomic E-state index is 13.9. The lowest BCUT2D eigenvalue weighted by Gasteiger charge is -2.44. The third-order valence-electron chi connectivity index (χ3n) is 4.71. The van der Waals surface area contributed by atoms with Crippen LogP contribution in [0.3, 0.4) is 0 Å². The van der Waals surface area contributed by atoms with Crippen molar-refractivity contribution in [2.24, 2.45) is 5.92 Å². The molecule has 108 valence electrons. The van der Waals surface area contributed by atoms with Crippen LogP contribution in [-0.4, -0.2) is 28.5 Å². The number of halogens is 1. The molecular weight excluding hydrogens is 257 g/mol. The van der Waals surface area contributed by atoms with Gasteiger partial charge in [-0.05, 0) is 43.7 Å². The highest BCUT2D eigenvalue weighted by molar-refractivity contribution is 5.97. The molecule has 3 nitrogen and oxygen atoms in total. The Morgan fingerprint density at radius 2 is 1.95 bits per heavy atom. The van der Waals surface area contributed by atoms with E-state index in [4.69, 9.17) is 0 Å². The number of amides is 1. The lowest BCUT2D eigenvalue weighted by atomic mass is 9.78. The summed E-state index contributed by atoms with van der Waals surface area (Å²) in [5.74, 6) is -0.687. The highest BCUT2D eigenvalue weighted by Crippen LogP contribution is 2.36. The molecule has 1 heterocycles. The molecule has 1 aromatic carbocycles. The van der Waals surface area contributed by atoms with Crippen LogP contribution in [0.25, 0.3) is 0 Å². The third-order valence-corrected chi connectivity index (χ3v) is 4.71. The van der Waals surface area contributed by atoms with E-state index in [1.54, 1.807) is 4.90 Å². The molecule has 1 N–H and O–H groups in total. The van der Waals surface area contributed by atoms with Crippen molar-refractivity contribution in [1.29, 1.82) is 0 Å². The van der Waals surface area contributed by atoms with Crippen LogP contribution in [0.15, 0.2) is 18.2 Å². The van der Waals surface area contributed by atoms with E-state index in [0.29, 0.717) is 12.5 Å². The van der Waals surface area contributed by atoms with E-state index in [0.717, 1.165) is 32.1 Å². The molecule has 20 heavy (non-hydrogen) atoms. The lowest BCUT2D eigenvalue weighted by Crippen LogP contribution is -2.49. The first kappa shape index (κ1) is 13.4. The van der Waals surface area contributed by atoms with Gasteiger partial charge in [0, 0.05) is 12.6 Å². The number of aromatic hydroxyl groups is 1. The predicted octanol–water partition coefficient (Wildman–Crippen LogP) is 3.33. The molecule has 3 rings (SSSR count). The van der Waals surface area contributed by atoms with Gasteiger partial charge >= 0.3 is 0 Å². The quantitative estimate of drug-likeness (QED) is 0.855. The summed E-state index contributed by atoms with van der Waals surface area (Å²) in [6, 6.07) is 4.25. The largest absolute Gasteiger partial charge is 0.507 e. The maximum absolute atomic E-state index is 13.9. The average Bonchev–Trinajstić information content (AvgIpc) is 2.46. The van der Waals surface area contributed by atoms with Gasteiger partial charge in [0.2, 0.25) is 0 Å². The summed E-state index contributed by atoms with van der Waals surface area (Å²) in [5.41, 5.74) is -0.168. The summed E-state index contributed by atoms with van der Waals surface area (Å²) >= 11 is 0. The molecule has 2 atom stereocenters. The van der Waals surface area contributed by atoms with Crippen LogP contribution in [0.1, 0.15) is 48.9 Å². The number of fused-ring (bicyclic) bond motifs is 1. The van der Waals surface area contributed by atoms with Crippen molar-refractivity contribution in [2.75, 3.05) is 6.54 Å². The number of phenolic OH excluding ortho intramolecular Hbond substituents is 1. The molecule has 4 heteroatoms. The summed E-state index contributed by atoms with van der Waals surface area (Å²) in [6.45, 7) is 0.674. The van der Waals surface area contributed by atoms with Crippen molar-refractivity contribution in [3.63, 3.8) is 0 Å². The monoisotopic (exact) mass is 277 g/mol. The molecule has 1 aromatic rings. The van der Waals surface area contributed by atoms with Crippen molar-refractivity contribution in [3.05, 3.63) is 29.6 Å². The lowest BCUT2D eigenvalue weighted by molar-refractivity contribution is 0.0384. The fourth-order valence-corrected chi connectivity index (χ4v) is 3.75. The van der Waals surface area contributed by atoms with Crippen molar-refractivity contribution >= 4 is 5.91 Å². The number of carbonyl (C=O) groups is 1. The molecule has 0 unspecified atom stereocenters. The first-order valence-electron chi connectivity index (χ1n) is 7.47. The normalized spacial score (nSPS) is 26.1. The summed E-state index contributed by atoms with van der Waals surface area (Å²) in [7, 11) is 0. The molecule has 0 aromatic heterocycles. The fourth-order valence-electron chi connectivity index (χ4n) is 3.75. The topological polar surface area (TPSA) is 40.5 Å². The van der Waals surface area contributed by atoms with Crippen LogP contribution < -0.4 is 0 Å². The minimum atomic E-state index is -0.632. The Bertz CT molecular complexity index is 495. The molecular formula is C16H20FNO2. The Labute approximate surface area is 118 Å². The smallest absolute Gasteiger partial charge is 0.260 e. The standard InChI is InChI=1S/C16H20FNO2/c17-12-7-3-9-14(19)15(12)16(20)18-10-4-6-11-5-1-2-8-13(11)18/h3,7,9,11,13,19H,1-2,4-6,8,10H2/t11-,13-/m1/s1. The van der Waals surface area contributed by atoms with Crippen molar-refractivity contribution in [1.82, 2.24) is 4.90 Å². The first-order chi connectivity index (χ1) is 9.68. The summed E-state index contributed by atoms with van der Waals surface area (Å²) in [6.07, 6.45) is 6.67. The minimum Gasteiger partial charge on any atom is -0.507 e. The average molecular weight is 277 g/mol. The number of benzene rings is 1. The van der Waals surface area contributed by atoms with Crippen molar-refractivity contribution in [3.8, 4) is 5.75 Å².